The molecular weight excluding hydrogens is 651 g/mol. The van der Waals surface area contributed by atoms with E-state index >= 15 is 0 Å². The Labute approximate surface area is 261 Å². The summed E-state index contributed by atoms with van der Waals surface area (Å²) in [5.74, 6) is 1.42. The Hall–Kier alpha value is -3.09. The molecule has 0 spiro atoms. The number of carbonyl (C=O) groups excluding carboxylic acids is 2. The molecule has 2 aromatic carbocycles. The number of unbranched alkanes of at least 4 members (excludes halogenated alkanes) is 2. The number of aliphatic hydroxyl groups is 2. The van der Waals surface area contributed by atoms with E-state index < -0.39 is 18.2 Å². The van der Waals surface area contributed by atoms with Crippen molar-refractivity contribution in [2.45, 2.75) is 56.8 Å². The summed E-state index contributed by atoms with van der Waals surface area (Å²) in [6, 6.07) is 12.2. The highest BCUT2D eigenvalue weighted by Crippen LogP contribution is 2.31. The fraction of sp³-hybridized carbons (Fsp3) is 0.438. The van der Waals surface area contributed by atoms with Gasteiger partial charge in [0.05, 0.1) is 30.4 Å². The van der Waals surface area contributed by atoms with Crippen LogP contribution in [0.4, 0.5) is 0 Å². The molecule has 0 heterocycles. The topological polar surface area (TPSA) is 118 Å². The molecule has 42 heavy (non-hydrogen) atoms. The second-order valence-corrected chi connectivity index (χ2v) is 11.2. The molecule has 228 valence electrons. The summed E-state index contributed by atoms with van der Waals surface area (Å²) in [5.41, 5.74) is 1.24. The van der Waals surface area contributed by atoms with Crippen molar-refractivity contribution >= 4 is 34.4 Å². The minimum Gasteiger partial charge on any atom is -0.497 e. The Morgan fingerprint density at radius 3 is 2.62 bits per heavy atom. The quantitative estimate of drug-likeness (QED) is 0.138. The SMILES string of the molecule is C=CCCCCC(=O)N(CCc1cc(OC)ccc1OC)[C@@H]1CC(C(=O)NCCO)=C[C@H](Oc2ccccc2I)[C@H]1O. The molecule has 0 aliphatic heterocycles. The van der Waals surface area contributed by atoms with Crippen LogP contribution in [-0.2, 0) is 16.0 Å². The number of hydrogen-bond acceptors (Lipinski definition) is 7. The maximum atomic E-state index is 13.8. The molecule has 2 amide bonds. The average molecular weight is 693 g/mol. The van der Waals surface area contributed by atoms with Gasteiger partial charge in [-0.2, -0.15) is 0 Å². The van der Waals surface area contributed by atoms with Gasteiger partial charge in [0.1, 0.15) is 29.5 Å². The number of methoxy groups -OCH3 is 2. The predicted molar refractivity (Wildman–Crippen MR) is 170 cm³/mol. The van der Waals surface area contributed by atoms with Crippen molar-refractivity contribution in [3.8, 4) is 17.2 Å². The number of para-hydroxylation sites is 1. The van der Waals surface area contributed by atoms with Crippen LogP contribution in [0, 0.1) is 3.57 Å². The van der Waals surface area contributed by atoms with Gasteiger partial charge >= 0.3 is 0 Å². The number of nitrogens with one attached hydrogen (secondary N) is 1. The van der Waals surface area contributed by atoms with Crippen LogP contribution in [0.15, 0.2) is 66.8 Å². The fourth-order valence-electron chi connectivity index (χ4n) is 4.97. The van der Waals surface area contributed by atoms with Crippen LogP contribution in [0.3, 0.4) is 0 Å². The van der Waals surface area contributed by atoms with Gasteiger partial charge in [-0.1, -0.05) is 18.2 Å². The number of halogens is 1. The van der Waals surface area contributed by atoms with Gasteiger partial charge in [0, 0.05) is 31.5 Å². The summed E-state index contributed by atoms with van der Waals surface area (Å²) in [6.45, 7) is 3.93. The number of aliphatic hydroxyl groups excluding tert-OH is 2. The molecule has 0 aromatic heterocycles. The van der Waals surface area contributed by atoms with Crippen molar-refractivity contribution in [1.29, 1.82) is 0 Å². The van der Waals surface area contributed by atoms with E-state index in [-0.39, 0.29) is 37.9 Å². The number of ether oxygens (including phenoxy) is 3. The predicted octanol–water partition coefficient (Wildman–Crippen LogP) is 4.04. The third-order valence-corrected chi connectivity index (χ3v) is 8.08. The third kappa shape index (κ3) is 9.20. The highest BCUT2D eigenvalue weighted by Gasteiger charge is 2.40. The molecule has 2 aromatic rings. The van der Waals surface area contributed by atoms with Crippen LogP contribution in [0.1, 0.15) is 37.7 Å². The van der Waals surface area contributed by atoms with Crippen LogP contribution in [0.2, 0.25) is 0 Å². The Bertz CT molecular complexity index is 1240. The Balaban J connectivity index is 1.95. The standard InChI is InChI=1S/C32H41IN2O7/c1-4-5-6-7-12-30(37)35(17-15-22-19-24(40-2)13-14-27(22)41-3)26-20-23(32(39)34-16-18-36)21-29(31(26)38)42-28-11-9-8-10-25(28)33/h4,8-11,13-14,19,21,26,29,31,36,38H,1,5-7,12,15-18,20H2,2-3H3,(H,34,39)/t26-,29+,31+/m1/s1. The summed E-state index contributed by atoms with van der Waals surface area (Å²) in [7, 11) is 3.18. The van der Waals surface area contributed by atoms with Crippen LogP contribution in [0.25, 0.3) is 0 Å². The van der Waals surface area contributed by atoms with Gasteiger partial charge in [-0.15, -0.1) is 6.58 Å². The molecule has 0 unspecified atom stereocenters. The van der Waals surface area contributed by atoms with Crippen molar-refractivity contribution in [2.24, 2.45) is 0 Å². The zero-order chi connectivity index (χ0) is 30.5. The van der Waals surface area contributed by atoms with Crippen molar-refractivity contribution < 1.29 is 34.0 Å². The molecule has 0 fully saturated rings. The number of allylic oxidation sites excluding steroid dienone is 1. The first kappa shape index (κ1) is 33.4. The van der Waals surface area contributed by atoms with E-state index in [1.165, 1.54) is 0 Å². The lowest BCUT2D eigenvalue weighted by atomic mass is 9.87. The minimum absolute atomic E-state index is 0.0904. The zero-order valence-corrected chi connectivity index (χ0v) is 26.4. The maximum absolute atomic E-state index is 13.8. The molecule has 0 saturated carbocycles. The first-order valence-corrected chi connectivity index (χ1v) is 15.2. The zero-order valence-electron chi connectivity index (χ0n) is 24.3. The van der Waals surface area contributed by atoms with Gasteiger partial charge in [-0.25, -0.2) is 0 Å². The van der Waals surface area contributed by atoms with Crippen LogP contribution in [-0.4, -0.2) is 79.1 Å². The van der Waals surface area contributed by atoms with Crippen molar-refractivity contribution in [2.75, 3.05) is 33.9 Å². The van der Waals surface area contributed by atoms with E-state index in [1.807, 2.05) is 42.5 Å². The molecule has 3 atom stereocenters. The highest BCUT2D eigenvalue weighted by atomic mass is 127. The first-order chi connectivity index (χ1) is 20.3. The molecular formula is C32H41IN2O7. The molecule has 9 nitrogen and oxygen atoms in total. The molecule has 3 rings (SSSR count). The van der Waals surface area contributed by atoms with Gasteiger partial charge in [0.25, 0.3) is 0 Å². The number of nitrogens with zero attached hydrogens (tertiary/aromatic N) is 1. The second-order valence-electron chi connectivity index (χ2n) is 10.00. The van der Waals surface area contributed by atoms with Crippen LogP contribution in [0.5, 0.6) is 17.2 Å². The molecule has 3 N–H and O–H groups in total. The van der Waals surface area contributed by atoms with E-state index in [9.17, 15) is 19.8 Å². The van der Waals surface area contributed by atoms with Crippen molar-refractivity contribution in [3.63, 3.8) is 0 Å². The number of rotatable bonds is 16. The van der Waals surface area contributed by atoms with Gasteiger partial charge in [0.15, 0.2) is 0 Å². The fourth-order valence-corrected chi connectivity index (χ4v) is 5.48. The van der Waals surface area contributed by atoms with E-state index in [2.05, 4.69) is 34.5 Å². The molecule has 0 saturated heterocycles. The van der Waals surface area contributed by atoms with Gasteiger partial charge < -0.3 is 34.6 Å². The molecule has 0 bridgehead atoms. The molecule has 0 radical (unpaired) electrons. The first-order valence-electron chi connectivity index (χ1n) is 14.1. The highest BCUT2D eigenvalue weighted by molar-refractivity contribution is 14.1. The summed E-state index contributed by atoms with van der Waals surface area (Å²) in [4.78, 5) is 28.5. The van der Waals surface area contributed by atoms with Crippen LogP contribution >= 0.6 is 22.6 Å². The monoisotopic (exact) mass is 692 g/mol. The minimum atomic E-state index is -1.10. The molecule has 10 heteroatoms. The lowest BCUT2D eigenvalue weighted by Crippen LogP contribution is -2.55. The molecule has 1 aliphatic carbocycles. The summed E-state index contributed by atoms with van der Waals surface area (Å²) >= 11 is 2.16. The number of benzene rings is 2. The Morgan fingerprint density at radius 2 is 1.93 bits per heavy atom. The largest absolute Gasteiger partial charge is 0.497 e. The third-order valence-electron chi connectivity index (χ3n) is 7.19. The van der Waals surface area contributed by atoms with E-state index in [1.54, 1.807) is 31.3 Å². The van der Waals surface area contributed by atoms with Gasteiger partial charge in [-0.05, 0) is 90.2 Å². The van der Waals surface area contributed by atoms with Crippen LogP contribution < -0.4 is 19.5 Å². The Kier molecular flexibility index (Phi) is 13.6. The number of amides is 2. The van der Waals surface area contributed by atoms with Gasteiger partial charge in [-0.3, -0.25) is 9.59 Å². The summed E-state index contributed by atoms with van der Waals surface area (Å²) in [6.07, 6.45) is 4.66. The number of carbonyl (C=O) groups is 2. The Morgan fingerprint density at radius 1 is 1.14 bits per heavy atom. The normalized spacial score (nSPS) is 18.0. The van der Waals surface area contributed by atoms with E-state index in [0.29, 0.717) is 42.1 Å². The lowest BCUT2D eigenvalue weighted by molar-refractivity contribution is -0.138. The van der Waals surface area contributed by atoms with Gasteiger partial charge in [0.2, 0.25) is 11.8 Å². The van der Waals surface area contributed by atoms with Crippen molar-refractivity contribution in [3.05, 3.63) is 75.9 Å². The molecule has 1 aliphatic rings. The summed E-state index contributed by atoms with van der Waals surface area (Å²) in [5, 5.41) is 23.6. The maximum Gasteiger partial charge on any atom is 0.247 e. The lowest BCUT2D eigenvalue weighted by Gasteiger charge is -2.40. The smallest absolute Gasteiger partial charge is 0.247 e. The van der Waals surface area contributed by atoms with E-state index in [4.69, 9.17) is 14.2 Å². The van der Waals surface area contributed by atoms with E-state index in [0.717, 1.165) is 22.0 Å². The second kappa shape index (κ2) is 17.1. The van der Waals surface area contributed by atoms with Crippen molar-refractivity contribution in [1.82, 2.24) is 10.2 Å². The number of hydrogen-bond donors (Lipinski definition) is 3. The summed E-state index contributed by atoms with van der Waals surface area (Å²) < 4.78 is 18.0. The average Bonchev–Trinajstić information content (AvgIpc) is 3.00.